The van der Waals surface area contributed by atoms with Crippen LogP contribution >= 0.6 is 11.3 Å². The van der Waals surface area contributed by atoms with Crippen molar-refractivity contribution in [2.24, 2.45) is 5.92 Å². The lowest BCUT2D eigenvalue weighted by Crippen LogP contribution is -2.15. The van der Waals surface area contributed by atoms with E-state index in [1.54, 1.807) is 31.2 Å². The lowest BCUT2D eigenvalue weighted by atomic mass is 10.1. The van der Waals surface area contributed by atoms with Crippen LogP contribution in [0.25, 0.3) is 0 Å². The number of carbonyl (C=O) groups excluding carboxylic acids is 1. The van der Waals surface area contributed by atoms with E-state index in [1.165, 1.54) is 36.6 Å². The minimum Gasteiger partial charge on any atom is -0.506 e. The second-order valence-corrected chi connectivity index (χ2v) is 10.3. The molecule has 32 heavy (non-hydrogen) atoms. The van der Waals surface area contributed by atoms with Gasteiger partial charge in [-0.25, -0.2) is 13.4 Å². The minimum atomic E-state index is -4.01. The lowest BCUT2D eigenvalue weighted by Gasteiger charge is -2.13. The number of phenols is 1. The number of aromatic hydroxyl groups is 1. The number of phenolic OH excluding ortho intramolecular Hbond substituents is 1. The first-order chi connectivity index (χ1) is 15.1. The highest BCUT2D eigenvalue weighted by Crippen LogP contribution is 2.31. The van der Waals surface area contributed by atoms with Crippen LogP contribution in [0.5, 0.6) is 11.5 Å². The molecule has 0 atom stereocenters. The predicted molar refractivity (Wildman–Crippen MR) is 125 cm³/mol. The molecular weight excluding hydrogens is 450 g/mol. The van der Waals surface area contributed by atoms with Crippen molar-refractivity contribution in [1.82, 2.24) is 4.98 Å². The Balaban J connectivity index is 1.86. The van der Waals surface area contributed by atoms with Gasteiger partial charge in [0.1, 0.15) is 16.4 Å². The largest absolute Gasteiger partial charge is 0.506 e. The van der Waals surface area contributed by atoms with Crippen molar-refractivity contribution in [1.29, 1.82) is 0 Å². The number of carbonyl (C=O) groups is 1. The van der Waals surface area contributed by atoms with Gasteiger partial charge in [-0.1, -0.05) is 26.0 Å². The van der Waals surface area contributed by atoms with E-state index in [9.17, 15) is 18.3 Å². The van der Waals surface area contributed by atoms with Gasteiger partial charge in [-0.05, 0) is 43.2 Å². The van der Waals surface area contributed by atoms with Gasteiger partial charge in [0.05, 0.1) is 34.1 Å². The lowest BCUT2D eigenvalue weighted by molar-refractivity contribution is 0.102. The van der Waals surface area contributed by atoms with Gasteiger partial charge >= 0.3 is 0 Å². The van der Waals surface area contributed by atoms with Crippen molar-refractivity contribution in [3.63, 3.8) is 0 Å². The molecule has 0 unspecified atom stereocenters. The number of rotatable bonds is 8. The van der Waals surface area contributed by atoms with Gasteiger partial charge in [0.2, 0.25) is 0 Å². The zero-order valence-electron chi connectivity index (χ0n) is 18.2. The topological polar surface area (TPSA) is 118 Å². The van der Waals surface area contributed by atoms with Crippen LogP contribution in [0.1, 0.15) is 34.2 Å². The Hall–Kier alpha value is -3.11. The van der Waals surface area contributed by atoms with E-state index < -0.39 is 15.9 Å². The molecule has 3 rings (SSSR count). The number of hydrogen-bond acceptors (Lipinski definition) is 7. The molecule has 1 heterocycles. The van der Waals surface area contributed by atoms with Crippen molar-refractivity contribution >= 4 is 38.6 Å². The van der Waals surface area contributed by atoms with Crippen LogP contribution in [0.15, 0.2) is 47.4 Å². The molecule has 0 radical (unpaired) electrons. The van der Waals surface area contributed by atoms with Crippen LogP contribution in [0.3, 0.4) is 0 Å². The smallest absolute Gasteiger partial charge is 0.267 e. The maximum absolute atomic E-state index is 12.9. The third-order valence-corrected chi connectivity index (χ3v) is 7.05. The number of ether oxygens (including phenoxy) is 1. The van der Waals surface area contributed by atoms with Crippen LogP contribution in [-0.4, -0.2) is 31.5 Å². The summed E-state index contributed by atoms with van der Waals surface area (Å²) in [6, 6.07) is 10.3. The van der Waals surface area contributed by atoms with Gasteiger partial charge in [-0.3, -0.25) is 9.52 Å². The number of para-hydroxylation sites is 2. The van der Waals surface area contributed by atoms with Crippen LogP contribution < -0.4 is 14.8 Å². The fraction of sp³-hybridized carbons (Fsp3) is 0.273. The van der Waals surface area contributed by atoms with Crippen LogP contribution in [0.2, 0.25) is 0 Å². The average molecular weight is 476 g/mol. The SMILES string of the molecule is COc1ccccc1NS(=O)(=O)c1ccc(O)c(NC(=O)c2sc(CC(C)C)nc2C)c1. The number of aryl methyl sites for hydroxylation is 1. The van der Waals surface area contributed by atoms with Crippen molar-refractivity contribution in [3.8, 4) is 11.5 Å². The van der Waals surface area contributed by atoms with E-state index in [1.807, 2.05) is 0 Å². The van der Waals surface area contributed by atoms with Crippen molar-refractivity contribution in [2.45, 2.75) is 32.1 Å². The zero-order chi connectivity index (χ0) is 23.5. The first kappa shape index (κ1) is 23.6. The Morgan fingerprint density at radius 1 is 1.19 bits per heavy atom. The number of benzene rings is 2. The summed E-state index contributed by atoms with van der Waals surface area (Å²) in [6.07, 6.45) is 0.756. The monoisotopic (exact) mass is 475 g/mol. The molecule has 10 heteroatoms. The summed E-state index contributed by atoms with van der Waals surface area (Å²) in [4.78, 5) is 17.5. The molecule has 3 aromatic rings. The Morgan fingerprint density at radius 2 is 1.91 bits per heavy atom. The summed E-state index contributed by atoms with van der Waals surface area (Å²) < 4.78 is 33.4. The van der Waals surface area contributed by atoms with Gasteiger partial charge in [0.25, 0.3) is 15.9 Å². The molecule has 1 aromatic heterocycles. The fourth-order valence-electron chi connectivity index (χ4n) is 2.99. The molecule has 0 aliphatic heterocycles. The third-order valence-electron chi connectivity index (χ3n) is 4.51. The molecule has 0 saturated carbocycles. The standard InChI is InChI=1S/C22H25N3O5S2/c1-13(2)11-20-23-14(3)21(31-20)22(27)24-17-12-15(9-10-18(17)26)32(28,29)25-16-7-5-6-8-19(16)30-4/h5-10,12-13,25-26H,11H2,1-4H3,(H,24,27). The highest BCUT2D eigenvalue weighted by molar-refractivity contribution is 7.92. The molecular formula is C22H25N3O5S2. The van der Waals surface area contributed by atoms with E-state index in [0.717, 1.165) is 11.4 Å². The molecule has 2 aromatic carbocycles. The number of aromatic nitrogens is 1. The number of hydrogen-bond donors (Lipinski definition) is 3. The molecule has 0 spiro atoms. The van der Waals surface area contributed by atoms with E-state index in [4.69, 9.17) is 4.74 Å². The van der Waals surface area contributed by atoms with E-state index in [2.05, 4.69) is 28.9 Å². The summed E-state index contributed by atoms with van der Waals surface area (Å²) in [7, 11) is -2.57. The van der Waals surface area contributed by atoms with Crippen LogP contribution in [0, 0.1) is 12.8 Å². The van der Waals surface area contributed by atoms with Gasteiger partial charge < -0.3 is 15.2 Å². The summed E-state index contributed by atoms with van der Waals surface area (Å²) in [6.45, 7) is 5.88. The van der Waals surface area contributed by atoms with Crippen LogP contribution in [-0.2, 0) is 16.4 Å². The number of nitrogens with zero attached hydrogens (tertiary/aromatic N) is 1. The maximum atomic E-state index is 12.9. The second-order valence-electron chi connectivity index (χ2n) is 7.56. The molecule has 1 amide bonds. The molecule has 0 aliphatic carbocycles. The summed E-state index contributed by atoms with van der Waals surface area (Å²) in [5.74, 6) is 0.0519. The molecule has 0 fully saturated rings. The fourth-order valence-corrected chi connectivity index (χ4v) is 5.26. The summed E-state index contributed by atoms with van der Waals surface area (Å²) >= 11 is 1.29. The minimum absolute atomic E-state index is 0.0175. The summed E-state index contributed by atoms with van der Waals surface area (Å²) in [5.41, 5.74) is 0.840. The molecule has 0 bridgehead atoms. The molecule has 8 nitrogen and oxygen atoms in total. The van der Waals surface area contributed by atoms with Gasteiger partial charge in [0.15, 0.2) is 0 Å². The Morgan fingerprint density at radius 3 is 2.59 bits per heavy atom. The first-order valence-electron chi connectivity index (χ1n) is 9.87. The number of anilines is 2. The number of nitrogens with one attached hydrogen (secondary N) is 2. The number of sulfonamides is 1. The summed E-state index contributed by atoms with van der Waals surface area (Å²) in [5, 5.41) is 13.6. The number of thiazole rings is 1. The van der Waals surface area contributed by atoms with Crippen molar-refractivity contribution in [3.05, 3.63) is 58.0 Å². The van der Waals surface area contributed by atoms with Gasteiger partial charge in [-0.15, -0.1) is 11.3 Å². The molecule has 3 N–H and O–H groups in total. The quantitative estimate of drug-likeness (QED) is 0.415. The van der Waals surface area contributed by atoms with Gasteiger partial charge in [0, 0.05) is 6.42 Å². The average Bonchev–Trinajstić information content (AvgIpc) is 3.09. The second kappa shape index (κ2) is 9.58. The highest BCUT2D eigenvalue weighted by Gasteiger charge is 2.21. The highest BCUT2D eigenvalue weighted by atomic mass is 32.2. The molecule has 170 valence electrons. The van der Waals surface area contributed by atoms with E-state index >= 15 is 0 Å². The number of amides is 1. The zero-order valence-corrected chi connectivity index (χ0v) is 19.8. The predicted octanol–water partition coefficient (Wildman–Crippen LogP) is 4.42. The van der Waals surface area contributed by atoms with Crippen molar-refractivity contribution in [2.75, 3.05) is 17.1 Å². The van der Waals surface area contributed by atoms with E-state index in [0.29, 0.717) is 22.2 Å². The van der Waals surface area contributed by atoms with E-state index in [-0.39, 0.29) is 22.0 Å². The Bertz CT molecular complexity index is 1240. The van der Waals surface area contributed by atoms with Crippen LogP contribution in [0.4, 0.5) is 11.4 Å². The number of methoxy groups -OCH3 is 1. The normalized spacial score (nSPS) is 11.4. The first-order valence-corrected chi connectivity index (χ1v) is 12.2. The molecule has 0 saturated heterocycles. The van der Waals surface area contributed by atoms with Crippen molar-refractivity contribution < 1.29 is 23.1 Å². The Kier molecular flexibility index (Phi) is 7.05. The third kappa shape index (κ3) is 5.38. The Labute approximate surface area is 191 Å². The molecule has 0 aliphatic rings. The van der Waals surface area contributed by atoms with Gasteiger partial charge in [-0.2, -0.15) is 0 Å². The maximum Gasteiger partial charge on any atom is 0.267 e.